The molecule has 0 aliphatic heterocycles. The van der Waals surface area contributed by atoms with Crippen molar-refractivity contribution in [2.75, 3.05) is 5.32 Å². The molecule has 2 heterocycles. The second kappa shape index (κ2) is 5.92. The Morgan fingerprint density at radius 3 is 3.00 bits per heavy atom. The molecule has 0 aliphatic carbocycles. The quantitative estimate of drug-likeness (QED) is 0.720. The highest BCUT2D eigenvalue weighted by Crippen LogP contribution is 2.19. The van der Waals surface area contributed by atoms with Crippen LogP contribution in [0.25, 0.3) is 17.5 Å². The van der Waals surface area contributed by atoms with Crippen molar-refractivity contribution >= 4 is 17.7 Å². The first-order valence-corrected chi connectivity index (χ1v) is 6.44. The van der Waals surface area contributed by atoms with Gasteiger partial charge in [0.25, 0.3) is 0 Å². The number of nitrogens with zero attached hydrogens (tertiary/aromatic N) is 1. The first kappa shape index (κ1) is 12.9. The number of rotatable bonds is 4. The van der Waals surface area contributed by atoms with E-state index in [9.17, 15) is 4.79 Å². The summed E-state index contributed by atoms with van der Waals surface area (Å²) in [4.78, 5) is 19.1. The normalized spacial score (nSPS) is 10.9. The average Bonchev–Trinajstić information content (AvgIpc) is 3.19. The minimum Gasteiger partial charge on any atom is -0.465 e. The molecule has 0 fully saturated rings. The molecule has 3 rings (SSSR count). The Balaban J connectivity index is 1.70. The third-order valence-electron chi connectivity index (χ3n) is 2.84. The number of aromatic nitrogens is 2. The molecule has 0 spiro atoms. The molecular weight excluding hydrogens is 266 g/mol. The summed E-state index contributed by atoms with van der Waals surface area (Å²) in [6.45, 7) is 0. The van der Waals surface area contributed by atoms with Gasteiger partial charge in [-0.1, -0.05) is 12.1 Å². The highest BCUT2D eigenvalue weighted by Gasteiger charge is 2.03. The van der Waals surface area contributed by atoms with Gasteiger partial charge in [-0.05, 0) is 30.3 Å². The SMILES string of the molecule is O=C(C=Cc1ccco1)Nc1cccc(-c2ncc[nH]2)c1. The van der Waals surface area contributed by atoms with E-state index in [4.69, 9.17) is 4.42 Å². The summed E-state index contributed by atoms with van der Waals surface area (Å²) in [5.41, 5.74) is 1.62. The molecule has 5 nitrogen and oxygen atoms in total. The predicted molar refractivity (Wildman–Crippen MR) is 80.4 cm³/mol. The number of carbonyl (C=O) groups excluding carboxylic acids is 1. The molecular formula is C16H13N3O2. The number of aromatic amines is 1. The number of nitrogens with one attached hydrogen (secondary N) is 2. The zero-order valence-electron chi connectivity index (χ0n) is 11.1. The lowest BCUT2D eigenvalue weighted by atomic mass is 10.2. The highest BCUT2D eigenvalue weighted by molar-refractivity contribution is 6.02. The van der Waals surface area contributed by atoms with E-state index < -0.39 is 0 Å². The topological polar surface area (TPSA) is 70.9 Å². The fourth-order valence-electron chi connectivity index (χ4n) is 1.90. The van der Waals surface area contributed by atoms with Gasteiger partial charge in [0.05, 0.1) is 6.26 Å². The number of furan rings is 1. The molecule has 0 aliphatic rings. The zero-order chi connectivity index (χ0) is 14.5. The third kappa shape index (κ3) is 3.27. The largest absolute Gasteiger partial charge is 0.465 e. The third-order valence-corrected chi connectivity index (χ3v) is 2.84. The van der Waals surface area contributed by atoms with Crippen LogP contribution in [0.5, 0.6) is 0 Å². The van der Waals surface area contributed by atoms with Crippen LogP contribution in [0, 0.1) is 0 Å². The molecule has 0 bridgehead atoms. The fraction of sp³-hybridized carbons (Fsp3) is 0. The number of anilines is 1. The van der Waals surface area contributed by atoms with Crippen LogP contribution in [0.1, 0.15) is 5.76 Å². The second-order valence-corrected chi connectivity index (χ2v) is 4.36. The molecule has 1 amide bonds. The number of benzene rings is 1. The predicted octanol–water partition coefficient (Wildman–Crippen LogP) is 3.32. The summed E-state index contributed by atoms with van der Waals surface area (Å²) in [5, 5.41) is 2.80. The molecule has 104 valence electrons. The molecule has 0 saturated heterocycles. The monoisotopic (exact) mass is 279 g/mol. The van der Waals surface area contributed by atoms with Crippen molar-refractivity contribution < 1.29 is 9.21 Å². The molecule has 0 radical (unpaired) electrons. The summed E-state index contributed by atoms with van der Waals surface area (Å²) >= 11 is 0. The maximum atomic E-state index is 11.8. The van der Waals surface area contributed by atoms with Crippen LogP contribution in [0.4, 0.5) is 5.69 Å². The Kier molecular flexibility index (Phi) is 3.64. The van der Waals surface area contributed by atoms with E-state index in [0.29, 0.717) is 11.4 Å². The van der Waals surface area contributed by atoms with Gasteiger partial charge < -0.3 is 14.7 Å². The van der Waals surface area contributed by atoms with E-state index >= 15 is 0 Å². The van der Waals surface area contributed by atoms with Crippen molar-refractivity contribution in [3.05, 3.63) is 66.9 Å². The summed E-state index contributed by atoms with van der Waals surface area (Å²) < 4.78 is 5.12. The Hall–Kier alpha value is -3.08. The highest BCUT2D eigenvalue weighted by atomic mass is 16.3. The molecule has 0 unspecified atom stereocenters. The molecule has 0 saturated carbocycles. The molecule has 21 heavy (non-hydrogen) atoms. The van der Waals surface area contributed by atoms with Crippen LogP contribution in [0.2, 0.25) is 0 Å². The molecule has 3 aromatic rings. The molecule has 2 aromatic heterocycles. The van der Waals surface area contributed by atoms with E-state index in [0.717, 1.165) is 11.4 Å². The van der Waals surface area contributed by atoms with Gasteiger partial charge in [0.2, 0.25) is 5.91 Å². The van der Waals surface area contributed by atoms with Crippen LogP contribution < -0.4 is 5.32 Å². The minimum absolute atomic E-state index is 0.219. The van der Waals surface area contributed by atoms with Gasteiger partial charge in [0, 0.05) is 29.7 Å². The lowest BCUT2D eigenvalue weighted by Gasteiger charge is -2.04. The Morgan fingerprint density at radius 1 is 1.29 bits per heavy atom. The van der Waals surface area contributed by atoms with Crippen LogP contribution in [-0.4, -0.2) is 15.9 Å². The van der Waals surface area contributed by atoms with E-state index in [-0.39, 0.29) is 5.91 Å². The van der Waals surface area contributed by atoms with Crippen LogP contribution in [-0.2, 0) is 4.79 Å². The van der Waals surface area contributed by atoms with Crippen molar-refractivity contribution in [3.8, 4) is 11.4 Å². The Bertz CT molecular complexity index is 744. The molecule has 2 N–H and O–H groups in total. The van der Waals surface area contributed by atoms with Crippen LogP contribution in [0.15, 0.2) is 65.5 Å². The zero-order valence-corrected chi connectivity index (χ0v) is 11.1. The summed E-state index contributed by atoms with van der Waals surface area (Å²) in [6, 6.07) is 11.0. The van der Waals surface area contributed by atoms with Gasteiger partial charge >= 0.3 is 0 Å². The van der Waals surface area contributed by atoms with Gasteiger partial charge in [-0.15, -0.1) is 0 Å². The maximum absolute atomic E-state index is 11.8. The van der Waals surface area contributed by atoms with Gasteiger partial charge in [0.1, 0.15) is 11.6 Å². The van der Waals surface area contributed by atoms with E-state index in [1.807, 2.05) is 24.3 Å². The van der Waals surface area contributed by atoms with Crippen molar-refractivity contribution in [2.45, 2.75) is 0 Å². The lowest BCUT2D eigenvalue weighted by molar-refractivity contribution is -0.111. The van der Waals surface area contributed by atoms with Crippen molar-refractivity contribution in [2.24, 2.45) is 0 Å². The Morgan fingerprint density at radius 2 is 2.24 bits per heavy atom. The average molecular weight is 279 g/mol. The van der Waals surface area contributed by atoms with Gasteiger partial charge in [0.15, 0.2) is 0 Å². The van der Waals surface area contributed by atoms with Gasteiger partial charge in [-0.2, -0.15) is 0 Å². The van der Waals surface area contributed by atoms with Gasteiger partial charge in [-0.3, -0.25) is 4.79 Å². The molecule has 5 heteroatoms. The Labute approximate surface area is 121 Å². The first-order valence-electron chi connectivity index (χ1n) is 6.44. The number of amides is 1. The number of carbonyl (C=O) groups is 1. The summed E-state index contributed by atoms with van der Waals surface area (Å²) in [6.07, 6.45) is 8.05. The smallest absolute Gasteiger partial charge is 0.248 e. The minimum atomic E-state index is -0.219. The lowest BCUT2D eigenvalue weighted by Crippen LogP contribution is -2.07. The standard InChI is InChI=1S/C16H13N3O2/c20-15(7-6-14-5-2-10-21-14)19-13-4-1-3-12(11-13)16-17-8-9-18-16/h1-11H,(H,17,18)(H,19,20). The summed E-state index contributed by atoms with van der Waals surface area (Å²) in [7, 11) is 0. The molecule has 0 atom stereocenters. The maximum Gasteiger partial charge on any atom is 0.248 e. The number of imidazole rings is 1. The van der Waals surface area contributed by atoms with Gasteiger partial charge in [-0.25, -0.2) is 4.98 Å². The number of H-pyrrole nitrogens is 1. The second-order valence-electron chi connectivity index (χ2n) is 4.36. The van der Waals surface area contributed by atoms with E-state index in [2.05, 4.69) is 15.3 Å². The van der Waals surface area contributed by atoms with Crippen molar-refractivity contribution in [1.29, 1.82) is 0 Å². The van der Waals surface area contributed by atoms with Crippen LogP contribution in [0.3, 0.4) is 0 Å². The van der Waals surface area contributed by atoms with Crippen molar-refractivity contribution in [1.82, 2.24) is 9.97 Å². The number of hydrogen-bond donors (Lipinski definition) is 2. The van der Waals surface area contributed by atoms with E-state index in [1.54, 1.807) is 36.9 Å². The van der Waals surface area contributed by atoms with Crippen molar-refractivity contribution in [3.63, 3.8) is 0 Å². The van der Waals surface area contributed by atoms with Crippen LogP contribution >= 0.6 is 0 Å². The summed E-state index contributed by atoms with van der Waals surface area (Å²) in [5.74, 6) is 1.18. The first-order chi connectivity index (χ1) is 10.3. The molecule has 1 aromatic carbocycles. The van der Waals surface area contributed by atoms with E-state index in [1.165, 1.54) is 6.08 Å². The fourth-order valence-corrected chi connectivity index (χ4v) is 1.90. The number of hydrogen-bond acceptors (Lipinski definition) is 3.